The minimum absolute atomic E-state index is 0.0966. The van der Waals surface area contributed by atoms with Crippen molar-refractivity contribution in [1.82, 2.24) is 4.90 Å². The number of carbonyl (C=O) groups is 1. The van der Waals surface area contributed by atoms with Gasteiger partial charge in [0.05, 0.1) is 19.2 Å². The number of unbranched alkanes of at least 4 members (excludes halogenated alkanes) is 2. The Hall–Kier alpha value is -1.10. The van der Waals surface area contributed by atoms with E-state index in [1.807, 2.05) is 6.08 Å². The molecule has 1 aliphatic rings. The summed E-state index contributed by atoms with van der Waals surface area (Å²) in [6.07, 6.45) is 3.72. The van der Waals surface area contributed by atoms with Crippen LogP contribution in [0.4, 0.5) is 9.18 Å². The number of likely N-dealkylation sites (tertiary alicyclic amines) is 1. The Kier molecular flexibility index (Phi) is 7.15. The summed E-state index contributed by atoms with van der Waals surface area (Å²) in [6.45, 7) is 10.2. The number of hydrogen-bond acceptors (Lipinski definition) is 3. The van der Waals surface area contributed by atoms with E-state index in [2.05, 4.69) is 6.58 Å². The van der Waals surface area contributed by atoms with Crippen molar-refractivity contribution in [2.24, 2.45) is 0 Å². The molecule has 0 saturated carbocycles. The van der Waals surface area contributed by atoms with Crippen LogP contribution in [0.1, 0.15) is 46.5 Å². The lowest BCUT2D eigenvalue weighted by atomic mass is 10.2. The minimum Gasteiger partial charge on any atom is -0.444 e. The summed E-state index contributed by atoms with van der Waals surface area (Å²) in [5.41, 5.74) is -0.568. The number of carbonyl (C=O) groups excluding carboxylic acids is 1. The molecule has 1 saturated heterocycles. The van der Waals surface area contributed by atoms with E-state index in [0.29, 0.717) is 19.6 Å². The van der Waals surface area contributed by atoms with E-state index in [9.17, 15) is 9.18 Å². The van der Waals surface area contributed by atoms with Gasteiger partial charge in [-0.05, 0) is 40.0 Å². The molecule has 0 aliphatic carbocycles. The van der Waals surface area contributed by atoms with E-state index in [1.165, 1.54) is 4.90 Å². The molecule has 2 atom stereocenters. The molecule has 0 aromatic carbocycles. The van der Waals surface area contributed by atoms with Gasteiger partial charge in [-0.1, -0.05) is 6.08 Å². The van der Waals surface area contributed by atoms with Gasteiger partial charge in [-0.15, -0.1) is 6.58 Å². The first kappa shape index (κ1) is 18.0. The topological polar surface area (TPSA) is 38.8 Å². The first-order valence-corrected chi connectivity index (χ1v) is 7.66. The van der Waals surface area contributed by atoms with Crippen LogP contribution in [-0.4, -0.2) is 48.6 Å². The van der Waals surface area contributed by atoms with Crippen LogP contribution in [0.3, 0.4) is 0 Å². The second-order valence-corrected chi connectivity index (χ2v) is 6.48. The van der Waals surface area contributed by atoms with Crippen LogP contribution in [-0.2, 0) is 9.47 Å². The van der Waals surface area contributed by atoms with E-state index in [0.717, 1.165) is 19.3 Å². The van der Waals surface area contributed by atoms with Crippen LogP contribution in [0, 0.1) is 0 Å². The molecule has 122 valence electrons. The fraction of sp³-hybridized carbons (Fsp3) is 0.812. The SMILES string of the molecule is C=CCCCCOC[C@@H]1C[C@H](F)CN1C(=O)OC(C)(C)C. The maximum absolute atomic E-state index is 13.6. The van der Waals surface area contributed by atoms with Crippen LogP contribution < -0.4 is 0 Å². The van der Waals surface area contributed by atoms with Crippen molar-refractivity contribution in [3.8, 4) is 0 Å². The third-order valence-electron chi connectivity index (χ3n) is 3.25. The van der Waals surface area contributed by atoms with Crippen LogP contribution in [0.5, 0.6) is 0 Å². The summed E-state index contributed by atoms with van der Waals surface area (Å²) in [5, 5.41) is 0. The molecule has 4 nitrogen and oxygen atoms in total. The van der Waals surface area contributed by atoms with Crippen molar-refractivity contribution in [2.75, 3.05) is 19.8 Å². The van der Waals surface area contributed by atoms with E-state index >= 15 is 0 Å². The minimum atomic E-state index is -0.994. The molecular formula is C16H28FNO3. The maximum Gasteiger partial charge on any atom is 0.410 e. The fourth-order valence-electron chi connectivity index (χ4n) is 2.27. The monoisotopic (exact) mass is 301 g/mol. The summed E-state index contributed by atoms with van der Waals surface area (Å²) in [4.78, 5) is 13.5. The predicted molar refractivity (Wildman–Crippen MR) is 81.1 cm³/mol. The Morgan fingerprint density at radius 3 is 2.76 bits per heavy atom. The number of amides is 1. The zero-order chi connectivity index (χ0) is 15.9. The third-order valence-corrected chi connectivity index (χ3v) is 3.25. The zero-order valence-electron chi connectivity index (χ0n) is 13.4. The zero-order valence-corrected chi connectivity index (χ0v) is 13.4. The Bertz CT molecular complexity index is 341. The second-order valence-electron chi connectivity index (χ2n) is 6.48. The summed E-state index contributed by atoms with van der Waals surface area (Å²) < 4.78 is 24.5. The lowest BCUT2D eigenvalue weighted by molar-refractivity contribution is 0.0100. The molecule has 1 rings (SSSR count). The molecule has 0 radical (unpaired) electrons. The number of ether oxygens (including phenoxy) is 2. The molecule has 0 aromatic rings. The van der Waals surface area contributed by atoms with Crippen molar-refractivity contribution in [3.05, 3.63) is 12.7 Å². The van der Waals surface area contributed by atoms with Gasteiger partial charge in [0.1, 0.15) is 11.8 Å². The standard InChI is InChI=1S/C16H28FNO3/c1-5-6-7-8-9-20-12-14-10-13(17)11-18(14)15(19)21-16(2,3)4/h5,13-14H,1,6-12H2,2-4H3/t13-,14-/m0/s1. The van der Waals surface area contributed by atoms with Gasteiger partial charge in [0.25, 0.3) is 0 Å². The highest BCUT2D eigenvalue weighted by molar-refractivity contribution is 5.69. The summed E-state index contributed by atoms with van der Waals surface area (Å²) in [5.74, 6) is 0. The van der Waals surface area contributed by atoms with Crippen LogP contribution in [0.2, 0.25) is 0 Å². The van der Waals surface area contributed by atoms with Crippen molar-refractivity contribution in [2.45, 2.75) is 64.3 Å². The van der Waals surface area contributed by atoms with E-state index < -0.39 is 17.9 Å². The molecule has 21 heavy (non-hydrogen) atoms. The molecule has 0 unspecified atom stereocenters. The largest absolute Gasteiger partial charge is 0.444 e. The molecule has 5 heteroatoms. The summed E-state index contributed by atoms with van der Waals surface area (Å²) in [7, 11) is 0. The predicted octanol–water partition coefficient (Wildman–Crippen LogP) is 3.71. The van der Waals surface area contributed by atoms with Gasteiger partial charge in [-0.2, -0.15) is 0 Å². The second kappa shape index (κ2) is 8.37. The normalized spacial score (nSPS) is 22.4. The maximum atomic E-state index is 13.6. The Morgan fingerprint density at radius 1 is 1.43 bits per heavy atom. The lowest BCUT2D eigenvalue weighted by Gasteiger charge is -2.28. The fourth-order valence-corrected chi connectivity index (χ4v) is 2.27. The summed E-state index contributed by atoms with van der Waals surface area (Å²) in [6, 6.07) is -0.228. The number of hydrogen-bond donors (Lipinski definition) is 0. The van der Waals surface area contributed by atoms with Crippen molar-refractivity contribution >= 4 is 6.09 Å². The summed E-state index contributed by atoms with van der Waals surface area (Å²) >= 11 is 0. The quantitative estimate of drug-likeness (QED) is 0.531. The van der Waals surface area contributed by atoms with E-state index in [4.69, 9.17) is 9.47 Å². The van der Waals surface area contributed by atoms with E-state index in [-0.39, 0.29) is 12.6 Å². The molecule has 1 amide bonds. The van der Waals surface area contributed by atoms with E-state index in [1.54, 1.807) is 20.8 Å². The molecule has 0 spiro atoms. The molecule has 0 N–H and O–H groups in total. The number of allylic oxidation sites excluding steroid dienone is 1. The van der Waals surface area contributed by atoms with Crippen LogP contribution >= 0.6 is 0 Å². The van der Waals surface area contributed by atoms with Crippen molar-refractivity contribution < 1.29 is 18.7 Å². The molecule has 0 aromatic heterocycles. The van der Waals surface area contributed by atoms with Crippen LogP contribution in [0.15, 0.2) is 12.7 Å². The number of rotatable bonds is 7. The average molecular weight is 301 g/mol. The van der Waals surface area contributed by atoms with Gasteiger partial charge in [0.15, 0.2) is 0 Å². The van der Waals surface area contributed by atoms with Crippen molar-refractivity contribution in [1.29, 1.82) is 0 Å². The highest BCUT2D eigenvalue weighted by Crippen LogP contribution is 2.23. The number of nitrogens with zero attached hydrogens (tertiary/aromatic N) is 1. The van der Waals surface area contributed by atoms with Crippen LogP contribution in [0.25, 0.3) is 0 Å². The van der Waals surface area contributed by atoms with Gasteiger partial charge in [0, 0.05) is 13.0 Å². The molecule has 1 aliphatic heterocycles. The molecular weight excluding hydrogens is 273 g/mol. The number of halogens is 1. The molecule has 1 heterocycles. The van der Waals surface area contributed by atoms with Gasteiger partial charge in [-0.25, -0.2) is 9.18 Å². The van der Waals surface area contributed by atoms with Gasteiger partial charge in [-0.3, -0.25) is 4.90 Å². The lowest BCUT2D eigenvalue weighted by Crippen LogP contribution is -2.42. The van der Waals surface area contributed by atoms with Gasteiger partial charge < -0.3 is 9.47 Å². The highest BCUT2D eigenvalue weighted by atomic mass is 19.1. The van der Waals surface area contributed by atoms with Gasteiger partial charge >= 0.3 is 6.09 Å². The Labute approximate surface area is 127 Å². The first-order valence-electron chi connectivity index (χ1n) is 7.66. The average Bonchev–Trinajstić information content (AvgIpc) is 2.73. The molecule has 0 bridgehead atoms. The first-order chi connectivity index (χ1) is 9.83. The number of alkyl halides is 1. The highest BCUT2D eigenvalue weighted by Gasteiger charge is 2.37. The third kappa shape index (κ3) is 6.93. The van der Waals surface area contributed by atoms with Gasteiger partial charge in [0.2, 0.25) is 0 Å². The smallest absolute Gasteiger partial charge is 0.410 e. The van der Waals surface area contributed by atoms with Crippen molar-refractivity contribution in [3.63, 3.8) is 0 Å². The Morgan fingerprint density at radius 2 is 2.14 bits per heavy atom. The Balaban J connectivity index is 2.36. The molecule has 1 fully saturated rings.